The van der Waals surface area contributed by atoms with E-state index in [0.29, 0.717) is 67.1 Å². The molecule has 7 aliphatic carbocycles. The van der Waals surface area contributed by atoms with Gasteiger partial charge in [-0.25, -0.2) is 4.79 Å². The van der Waals surface area contributed by atoms with E-state index in [1.807, 2.05) is 6.92 Å². The first-order valence-electron chi connectivity index (χ1n) is 29.3. The van der Waals surface area contributed by atoms with Gasteiger partial charge in [0.2, 0.25) is 0 Å². The van der Waals surface area contributed by atoms with Gasteiger partial charge in [-0.1, -0.05) is 106 Å². The average Bonchev–Trinajstić information content (AvgIpc) is 4.17. The van der Waals surface area contributed by atoms with Crippen LogP contribution in [0.1, 0.15) is 186 Å². The molecule has 0 radical (unpaired) electrons. The summed E-state index contributed by atoms with van der Waals surface area (Å²) >= 11 is 0. The molecule has 2 aromatic rings. The molecule has 0 saturated heterocycles. The van der Waals surface area contributed by atoms with E-state index >= 15 is 0 Å². The molecule has 6 bridgehead atoms. The van der Waals surface area contributed by atoms with Gasteiger partial charge in [0, 0.05) is 37.2 Å². The highest BCUT2D eigenvalue weighted by Gasteiger charge is 2.78. The predicted octanol–water partition coefficient (Wildman–Crippen LogP) is 12.5. The van der Waals surface area contributed by atoms with Gasteiger partial charge in [0.05, 0.1) is 35.1 Å². The van der Waals surface area contributed by atoms with Crippen molar-refractivity contribution >= 4 is 11.9 Å². The van der Waals surface area contributed by atoms with E-state index < -0.39 is 46.1 Å². The topological polar surface area (TPSA) is 113 Å². The fourth-order valence-corrected chi connectivity index (χ4v) is 19.7. The van der Waals surface area contributed by atoms with Gasteiger partial charge in [-0.3, -0.25) is 4.79 Å². The van der Waals surface area contributed by atoms with Crippen LogP contribution in [0.4, 0.5) is 0 Å². The third kappa shape index (κ3) is 8.98. The van der Waals surface area contributed by atoms with E-state index in [1.165, 1.54) is 68.9 Å². The second-order valence-corrected chi connectivity index (χ2v) is 26.8. The molecule has 15 atom stereocenters. The summed E-state index contributed by atoms with van der Waals surface area (Å²) in [6.45, 7) is 6.83. The highest BCUT2D eigenvalue weighted by molar-refractivity contribution is 5.85. The number of fused-ring (bicyclic) bond motifs is 7. The van der Waals surface area contributed by atoms with Crippen LogP contribution in [0.2, 0.25) is 0 Å². The number of aliphatic hydroxyl groups is 3. The number of cyclic esters (lactones) is 1. The SMILES string of the molecule is C[C@H](CCCc1ccccc1)CC[C@H](O)[C@]12[C@H](O)CC[C@@](C)([C@@H]3CC[C@]45C[C@H](CCc6ccccc6)[C@]6(C[C@H](CC#C[C@@H]3C4)C3(CCCC3)C6)C5)[C@@H]1[C@H]1C[C@](C)(C#CCCC(=O)O1)[C@]2(O)CCC1=CC(=O)OC1. The van der Waals surface area contributed by atoms with Crippen molar-refractivity contribution in [2.24, 2.45) is 68.0 Å². The minimum atomic E-state index is -1.73. The van der Waals surface area contributed by atoms with Crippen LogP contribution in [0.15, 0.2) is 72.3 Å². The van der Waals surface area contributed by atoms with Crippen LogP contribution in [-0.4, -0.2) is 57.8 Å². The monoisotopic (exact) mass is 991 g/mol. The number of aliphatic hydroxyl groups excluding tert-OH is 2. The van der Waals surface area contributed by atoms with Gasteiger partial charge in [0.25, 0.3) is 0 Å². The zero-order chi connectivity index (χ0) is 50.7. The van der Waals surface area contributed by atoms with Crippen LogP contribution in [0.25, 0.3) is 0 Å². The maximum atomic E-state index is 14.5. The van der Waals surface area contributed by atoms with E-state index in [1.54, 1.807) is 6.08 Å². The van der Waals surface area contributed by atoms with E-state index in [2.05, 4.69) is 98.2 Å². The molecule has 392 valence electrons. The molecule has 9 aliphatic rings. The van der Waals surface area contributed by atoms with Crippen molar-refractivity contribution in [1.29, 1.82) is 0 Å². The van der Waals surface area contributed by atoms with Gasteiger partial charge in [0.15, 0.2) is 0 Å². The first kappa shape index (κ1) is 51.2. The number of rotatable bonds is 15. The fraction of sp³-hybridized carbons (Fsp3) is 0.697. The van der Waals surface area contributed by atoms with Gasteiger partial charge in [0.1, 0.15) is 12.7 Å². The molecular weight excluding hydrogens is 905 g/mol. The molecule has 0 unspecified atom stereocenters. The minimum absolute atomic E-state index is 0.107. The summed E-state index contributed by atoms with van der Waals surface area (Å²) < 4.78 is 12.2. The zero-order valence-electron chi connectivity index (χ0n) is 44.6. The highest BCUT2D eigenvalue weighted by Crippen LogP contribution is 2.76. The molecule has 0 aromatic heterocycles. The average molecular weight is 991 g/mol. The van der Waals surface area contributed by atoms with Crippen LogP contribution >= 0.6 is 0 Å². The van der Waals surface area contributed by atoms with Crippen molar-refractivity contribution < 1.29 is 34.4 Å². The summed E-state index contributed by atoms with van der Waals surface area (Å²) in [7, 11) is 0. The molecule has 73 heavy (non-hydrogen) atoms. The fourth-order valence-electron chi connectivity index (χ4n) is 19.7. The Morgan fingerprint density at radius 3 is 2.30 bits per heavy atom. The van der Waals surface area contributed by atoms with Gasteiger partial charge in [-0.05, 0) is 191 Å². The molecule has 2 heterocycles. The van der Waals surface area contributed by atoms with E-state index in [4.69, 9.17) is 9.47 Å². The molecule has 2 aromatic carbocycles. The van der Waals surface area contributed by atoms with Crippen molar-refractivity contribution in [2.45, 2.75) is 212 Å². The molecule has 11 rings (SSSR count). The van der Waals surface area contributed by atoms with E-state index in [9.17, 15) is 24.9 Å². The van der Waals surface area contributed by atoms with Crippen molar-refractivity contribution in [3.63, 3.8) is 0 Å². The number of hydrogen-bond donors (Lipinski definition) is 3. The summed E-state index contributed by atoms with van der Waals surface area (Å²) in [5.41, 5.74) is -0.399. The van der Waals surface area contributed by atoms with Gasteiger partial charge >= 0.3 is 11.9 Å². The lowest BCUT2D eigenvalue weighted by Crippen LogP contribution is -2.79. The summed E-state index contributed by atoms with van der Waals surface area (Å²) in [5.74, 6) is 15.6. The van der Waals surface area contributed by atoms with Crippen LogP contribution in [0.3, 0.4) is 0 Å². The first-order valence-corrected chi connectivity index (χ1v) is 29.3. The Hall–Kier alpha value is -3.88. The Morgan fingerprint density at radius 2 is 1.56 bits per heavy atom. The Morgan fingerprint density at radius 1 is 0.808 bits per heavy atom. The highest BCUT2D eigenvalue weighted by atomic mass is 16.5. The molecule has 0 amide bonds. The van der Waals surface area contributed by atoms with E-state index in [0.717, 1.165) is 63.4 Å². The molecule has 6 saturated carbocycles. The second-order valence-electron chi connectivity index (χ2n) is 26.8. The summed E-state index contributed by atoms with van der Waals surface area (Å²) in [5, 5.41) is 41.5. The Balaban J connectivity index is 0.984. The summed E-state index contributed by atoms with van der Waals surface area (Å²) in [6, 6.07) is 21.8. The number of carbonyl (C=O) groups is 2. The number of benzene rings is 2. The normalized spacial score (nSPS) is 40.8. The van der Waals surface area contributed by atoms with Crippen LogP contribution < -0.4 is 0 Å². The van der Waals surface area contributed by atoms with Crippen LogP contribution in [-0.2, 0) is 31.9 Å². The third-order valence-electron chi connectivity index (χ3n) is 22.8. The van der Waals surface area contributed by atoms with Crippen molar-refractivity contribution in [3.8, 4) is 23.7 Å². The van der Waals surface area contributed by atoms with Gasteiger partial charge in [-0.2, -0.15) is 0 Å². The zero-order valence-corrected chi connectivity index (χ0v) is 44.6. The lowest BCUT2D eigenvalue weighted by molar-refractivity contribution is -0.340. The molecule has 3 spiro atoms. The molecule has 2 aliphatic heterocycles. The molecular formula is C66H86O7. The largest absolute Gasteiger partial charge is 0.462 e. The van der Waals surface area contributed by atoms with Crippen LogP contribution in [0, 0.1) is 91.7 Å². The van der Waals surface area contributed by atoms with E-state index in [-0.39, 0.29) is 48.6 Å². The maximum Gasteiger partial charge on any atom is 0.331 e. The number of carbonyl (C=O) groups excluding carboxylic acids is 2. The molecule has 6 fully saturated rings. The standard InChI is InChI=1S/C66H86O7/c1-46(16-14-21-47-17-6-4-7-18-47)25-28-55(67)66-56(68)31-35-61(3,59(66)54-42-60(2,32-11-10-24-57(69)73-54)65(66,71)37-29-49-38-58(70)72-43-49)53-30-36-62-39-50(53)22-15-23-51-41-64(44-62,45-63(51)33-12-13-34-63)52(40-62)27-26-48-19-8-5-9-20-48/h4-9,17-20,38,46,50-56,59,67-68,71H,10,12-14,16,21,23-31,33-37,39-45H2,1-3H3/t46-,50-,51+,52+,53-,54-,55+,56-,59+,60+,61+,62-,64-,65-,66+/m1/s1. The van der Waals surface area contributed by atoms with Gasteiger partial charge < -0.3 is 24.8 Å². The Labute approximate surface area is 437 Å². The van der Waals surface area contributed by atoms with Crippen LogP contribution in [0.5, 0.6) is 0 Å². The summed E-state index contributed by atoms with van der Waals surface area (Å²) in [6.07, 6.45) is 22.4. The predicted molar refractivity (Wildman–Crippen MR) is 285 cm³/mol. The Bertz CT molecular complexity index is 2510. The second kappa shape index (κ2) is 19.9. The minimum Gasteiger partial charge on any atom is -0.462 e. The number of aryl methyl sites for hydroxylation is 2. The summed E-state index contributed by atoms with van der Waals surface area (Å²) in [4.78, 5) is 26.6. The van der Waals surface area contributed by atoms with Crippen molar-refractivity contribution in [3.05, 3.63) is 83.4 Å². The number of hydrogen-bond acceptors (Lipinski definition) is 7. The molecule has 7 nitrogen and oxygen atoms in total. The number of ether oxygens (including phenoxy) is 2. The lowest BCUT2D eigenvalue weighted by Gasteiger charge is -2.72. The lowest BCUT2D eigenvalue weighted by atomic mass is 9.34. The third-order valence-corrected chi connectivity index (χ3v) is 22.8. The Kier molecular flexibility index (Phi) is 14.0. The molecule has 3 N–H and O–H groups in total. The quantitative estimate of drug-likeness (QED) is 0.120. The maximum absolute atomic E-state index is 14.5. The van der Waals surface area contributed by atoms with Gasteiger partial charge in [-0.15, -0.1) is 11.8 Å². The number of esters is 2. The van der Waals surface area contributed by atoms with Crippen molar-refractivity contribution in [2.75, 3.05) is 6.61 Å². The molecule has 7 heteroatoms. The first-order chi connectivity index (χ1) is 35.1. The smallest absolute Gasteiger partial charge is 0.331 e. The van der Waals surface area contributed by atoms with Crippen molar-refractivity contribution in [1.82, 2.24) is 0 Å².